The van der Waals surface area contributed by atoms with Gasteiger partial charge in [0.05, 0.1) is 6.61 Å². The van der Waals surface area contributed by atoms with Gasteiger partial charge in [0, 0.05) is 20.2 Å². The van der Waals surface area contributed by atoms with E-state index in [1.54, 1.807) is 6.92 Å². The highest BCUT2D eigenvalue weighted by molar-refractivity contribution is 7.87. The van der Waals surface area contributed by atoms with Crippen molar-refractivity contribution in [3.63, 3.8) is 0 Å². The maximum Gasteiger partial charge on any atom is 0.276 e. The Labute approximate surface area is 67.3 Å². The molecule has 0 aliphatic rings. The SMILES string of the molecule is CCNS(=O)(=O)NCCOC. The van der Waals surface area contributed by atoms with Crippen molar-refractivity contribution in [3.05, 3.63) is 0 Å². The van der Waals surface area contributed by atoms with Crippen molar-refractivity contribution in [1.82, 2.24) is 9.44 Å². The van der Waals surface area contributed by atoms with Gasteiger partial charge in [-0.2, -0.15) is 13.1 Å². The van der Waals surface area contributed by atoms with Crippen molar-refractivity contribution in [2.45, 2.75) is 6.92 Å². The first-order valence-electron chi connectivity index (χ1n) is 3.35. The maximum absolute atomic E-state index is 10.8. The molecule has 0 fully saturated rings. The van der Waals surface area contributed by atoms with Gasteiger partial charge >= 0.3 is 0 Å². The monoisotopic (exact) mass is 182 g/mol. The highest BCUT2D eigenvalue weighted by Gasteiger charge is 2.04. The van der Waals surface area contributed by atoms with E-state index in [-0.39, 0.29) is 0 Å². The second kappa shape index (κ2) is 5.48. The van der Waals surface area contributed by atoms with Gasteiger partial charge < -0.3 is 4.74 Å². The van der Waals surface area contributed by atoms with Gasteiger partial charge in [0.1, 0.15) is 0 Å². The van der Waals surface area contributed by atoms with E-state index in [2.05, 4.69) is 14.2 Å². The van der Waals surface area contributed by atoms with E-state index in [0.717, 1.165) is 0 Å². The summed E-state index contributed by atoms with van der Waals surface area (Å²) < 4.78 is 30.9. The van der Waals surface area contributed by atoms with E-state index >= 15 is 0 Å². The van der Waals surface area contributed by atoms with E-state index in [4.69, 9.17) is 0 Å². The van der Waals surface area contributed by atoms with Gasteiger partial charge in [-0.25, -0.2) is 4.72 Å². The topological polar surface area (TPSA) is 67.4 Å². The van der Waals surface area contributed by atoms with Gasteiger partial charge in [-0.05, 0) is 0 Å². The maximum atomic E-state index is 10.8. The van der Waals surface area contributed by atoms with E-state index in [0.29, 0.717) is 19.7 Å². The summed E-state index contributed by atoms with van der Waals surface area (Å²) in [7, 11) is -1.77. The molecule has 0 heterocycles. The molecule has 5 nitrogen and oxygen atoms in total. The van der Waals surface area contributed by atoms with Crippen LogP contribution in [0.15, 0.2) is 0 Å². The zero-order valence-electron chi connectivity index (χ0n) is 6.75. The van der Waals surface area contributed by atoms with E-state index in [9.17, 15) is 8.42 Å². The smallest absolute Gasteiger partial charge is 0.276 e. The zero-order chi connectivity index (χ0) is 8.74. The molecule has 0 saturated carbocycles. The van der Waals surface area contributed by atoms with Crippen LogP contribution in [0, 0.1) is 0 Å². The second-order valence-electron chi connectivity index (χ2n) is 1.89. The van der Waals surface area contributed by atoms with Gasteiger partial charge in [-0.15, -0.1) is 0 Å². The number of rotatable bonds is 6. The summed E-state index contributed by atoms with van der Waals surface area (Å²) in [6, 6.07) is 0. The summed E-state index contributed by atoms with van der Waals surface area (Å²) in [6.07, 6.45) is 0. The molecular weight excluding hydrogens is 168 g/mol. The summed E-state index contributed by atoms with van der Waals surface area (Å²) in [6.45, 7) is 2.79. The summed E-state index contributed by atoms with van der Waals surface area (Å²) >= 11 is 0. The Kier molecular flexibility index (Phi) is 5.39. The van der Waals surface area contributed by atoms with E-state index in [1.807, 2.05) is 0 Å². The van der Waals surface area contributed by atoms with Crippen molar-refractivity contribution >= 4 is 10.2 Å². The molecule has 0 aromatic carbocycles. The van der Waals surface area contributed by atoms with Crippen molar-refractivity contribution in [2.24, 2.45) is 0 Å². The third-order valence-electron chi connectivity index (χ3n) is 0.933. The van der Waals surface area contributed by atoms with Gasteiger partial charge in [-0.3, -0.25) is 0 Å². The average molecular weight is 182 g/mol. The predicted octanol–water partition coefficient (Wildman–Crippen LogP) is -0.923. The van der Waals surface area contributed by atoms with Crippen LogP contribution in [-0.4, -0.2) is 35.2 Å². The van der Waals surface area contributed by atoms with Crippen molar-refractivity contribution in [2.75, 3.05) is 26.8 Å². The highest BCUT2D eigenvalue weighted by Crippen LogP contribution is 1.74. The first-order chi connectivity index (χ1) is 5.12. The molecule has 6 heteroatoms. The summed E-state index contributed by atoms with van der Waals surface area (Å²) in [5.41, 5.74) is 0. The third kappa shape index (κ3) is 6.24. The fourth-order valence-corrected chi connectivity index (χ4v) is 1.35. The van der Waals surface area contributed by atoms with Crippen LogP contribution in [0.3, 0.4) is 0 Å². The molecule has 0 amide bonds. The fourth-order valence-electron chi connectivity index (χ4n) is 0.519. The number of hydrogen-bond donors (Lipinski definition) is 2. The highest BCUT2D eigenvalue weighted by atomic mass is 32.2. The normalized spacial score (nSPS) is 11.8. The van der Waals surface area contributed by atoms with Crippen LogP contribution in [0.2, 0.25) is 0 Å². The molecule has 0 rings (SSSR count). The largest absolute Gasteiger partial charge is 0.383 e. The Balaban J connectivity index is 3.56. The van der Waals surface area contributed by atoms with Crippen LogP contribution >= 0.6 is 0 Å². The van der Waals surface area contributed by atoms with Crippen LogP contribution < -0.4 is 9.44 Å². The lowest BCUT2D eigenvalue weighted by molar-refractivity contribution is 0.204. The molecule has 0 spiro atoms. The number of ether oxygens (including phenoxy) is 1. The molecule has 0 aromatic heterocycles. The summed E-state index contributed by atoms with van der Waals surface area (Å²) in [4.78, 5) is 0. The zero-order valence-corrected chi connectivity index (χ0v) is 7.57. The molecule has 0 bridgehead atoms. The number of methoxy groups -OCH3 is 1. The summed E-state index contributed by atoms with van der Waals surface area (Å²) in [5.74, 6) is 0. The summed E-state index contributed by atoms with van der Waals surface area (Å²) in [5, 5.41) is 0. The Morgan fingerprint density at radius 3 is 2.45 bits per heavy atom. The van der Waals surface area contributed by atoms with Crippen molar-refractivity contribution in [3.8, 4) is 0 Å². The molecule has 0 unspecified atom stereocenters. The van der Waals surface area contributed by atoms with Crippen molar-refractivity contribution < 1.29 is 13.2 Å². The fraction of sp³-hybridized carbons (Fsp3) is 1.00. The van der Waals surface area contributed by atoms with Gasteiger partial charge in [0.25, 0.3) is 10.2 Å². The molecule has 2 N–H and O–H groups in total. The van der Waals surface area contributed by atoms with Gasteiger partial charge in [-0.1, -0.05) is 6.92 Å². The Morgan fingerprint density at radius 1 is 1.36 bits per heavy atom. The lowest BCUT2D eigenvalue weighted by Crippen LogP contribution is -2.37. The standard InChI is InChI=1S/C5H14N2O3S/c1-3-6-11(8,9)7-4-5-10-2/h6-7H,3-5H2,1-2H3. The minimum Gasteiger partial charge on any atom is -0.383 e. The van der Waals surface area contributed by atoms with Gasteiger partial charge in [0.15, 0.2) is 0 Å². The first kappa shape index (κ1) is 10.8. The lowest BCUT2D eigenvalue weighted by atomic mass is 10.7. The minimum atomic E-state index is -3.28. The van der Waals surface area contributed by atoms with E-state index in [1.165, 1.54) is 7.11 Å². The van der Waals surface area contributed by atoms with E-state index < -0.39 is 10.2 Å². The van der Waals surface area contributed by atoms with Crippen LogP contribution in [0.4, 0.5) is 0 Å². The van der Waals surface area contributed by atoms with Crippen molar-refractivity contribution in [1.29, 1.82) is 0 Å². The molecule has 0 aromatic rings. The average Bonchev–Trinajstić information content (AvgIpc) is 1.87. The lowest BCUT2D eigenvalue weighted by Gasteiger charge is -2.04. The molecule has 0 saturated heterocycles. The predicted molar refractivity (Wildman–Crippen MR) is 42.5 cm³/mol. The van der Waals surface area contributed by atoms with Crippen LogP contribution in [0.5, 0.6) is 0 Å². The molecule has 11 heavy (non-hydrogen) atoms. The molecule has 0 aliphatic carbocycles. The Bertz CT molecular complexity index is 178. The molecule has 0 atom stereocenters. The Morgan fingerprint density at radius 2 is 2.00 bits per heavy atom. The Hall–Kier alpha value is -0.170. The quantitative estimate of drug-likeness (QED) is 0.522. The molecular formula is C5H14N2O3S. The molecule has 68 valence electrons. The minimum absolute atomic E-state index is 0.297. The molecule has 0 radical (unpaired) electrons. The second-order valence-corrected chi connectivity index (χ2v) is 3.47. The van der Waals surface area contributed by atoms with Crippen LogP contribution in [-0.2, 0) is 14.9 Å². The molecule has 0 aliphatic heterocycles. The van der Waals surface area contributed by atoms with Crippen LogP contribution in [0.1, 0.15) is 6.92 Å². The number of nitrogens with one attached hydrogen (secondary N) is 2. The van der Waals surface area contributed by atoms with Crippen LogP contribution in [0.25, 0.3) is 0 Å². The number of hydrogen-bond acceptors (Lipinski definition) is 3. The van der Waals surface area contributed by atoms with Gasteiger partial charge in [0.2, 0.25) is 0 Å². The first-order valence-corrected chi connectivity index (χ1v) is 4.84. The third-order valence-corrected chi connectivity index (χ3v) is 2.19.